The summed E-state index contributed by atoms with van der Waals surface area (Å²) in [6.07, 6.45) is 1.79. The van der Waals surface area contributed by atoms with Gasteiger partial charge in [0.25, 0.3) is 0 Å². The van der Waals surface area contributed by atoms with Crippen LogP contribution in [0.25, 0.3) is 0 Å². The number of rotatable bonds is 6. The maximum absolute atomic E-state index is 12.2. The van der Waals surface area contributed by atoms with Crippen molar-refractivity contribution in [3.05, 3.63) is 52.0 Å². The van der Waals surface area contributed by atoms with Gasteiger partial charge in [0, 0.05) is 30.2 Å². The number of carbonyl (C=O) groups excluding carboxylic acids is 1. The summed E-state index contributed by atoms with van der Waals surface area (Å²) in [5.74, 6) is 1.23. The Morgan fingerprint density at radius 3 is 2.82 bits per heavy atom. The monoisotopic (exact) mass is 314 g/mol. The minimum Gasteiger partial charge on any atom is -0.355 e. The Bertz CT molecular complexity index is 636. The fourth-order valence-electron chi connectivity index (χ4n) is 2.70. The molecule has 3 nitrogen and oxygen atoms in total. The lowest BCUT2D eigenvalue weighted by molar-refractivity contribution is -0.122. The van der Waals surface area contributed by atoms with Crippen LogP contribution in [0.4, 0.5) is 0 Å². The molecule has 1 heterocycles. The highest BCUT2D eigenvalue weighted by Gasteiger charge is 2.43. The maximum Gasteiger partial charge on any atom is 0.223 e. The largest absolute Gasteiger partial charge is 0.355 e. The van der Waals surface area contributed by atoms with Crippen LogP contribution >= 0.6 is 11.3 Å². The predicted molar refractivity (Wildman–Crippen MR) is 90.2 cm³/mol. The van der Waals surface area contributed by atoms with E-state index in [1.165, 1.54) is 10.6 Å². The highest BCUT2D eigenvalue weighted by molar-refractivity contribution is 7.09. The molecular weight excluding hydrogens is 292 g/mol. The lowest BCUT2D eigenvalue weighted by Gasteiger charge is -2.04. The molecule has 1 amide bonds. The molecular formula is C18H22N2OS. The molecule has 3 rings (SSSR count). The summed E-state index contributed by atoms with van der Waals surface area (Å²) in [5, 5.41) is 6.33. The lowest BCUT2D eigenvalue weighted by atomic mass is 10.1. The first-order valence-corrected chi connectivity index (χ1v) is 8.80. The molecule has 4 heteroatoms. The molecule has 1 aromatic carbocycles. The first-order valence-electron chi connectivity index (χ1n) is 7.92. The van der Waals surface area contributed by atoms with Crippen molar-refractivity contribution < 1.29 is 4.79 Å². The number of hydrogen-bond acceptors (Lipinski definition) is 3. The van der Waals surface area contributed by atoms with Crippen LogP contribution in [0.3, 0.4) is 0 Å². The summed E-state index contributed by atoms with van der Waals surface area (Å²) in [6.45, 7) is 4.99. The molecule has 22 heavy (non-hydrogen) atoms. The summed E-state index contributed by atoms with van der Waals surface area (Å²) < 4.78 is 0. The van der Waals surface area contributed by atoms with E-state index in [4.69, 9.17) is 0 Å². The van der Waals surface area contributed by atoms with Crippen molar-refractivity contribution >= 4 is 17.2 Å². The Hall–Kier alpha value is -1.68. The minimum atomic E-state index is 0.157. The number of carbonyl (C=O) groups is 1. The van der Waals surface area contributed by atoms with E-state index in [1.807, 2.05) is 18.2 Å². The van der Waals surface area contributed by atoms with E-state index in [-0.39, 0.29) is 11.8 Å². The van der Waals surface area contributed by atoms with Crippen LogP contribution in [0.15, 0.2) is 35.7 Å². The number of nitrogens with one attached hydrogen (secondary N) is 1. The highest BCUT2D eigenvalue weighted by atomic mass is 32.1. The van der Waals surface area contributed by atoms with Gasteiger partial charge in [-0.15, -0.1) is 11.3 Å². The standard InChI is InChI=1S/C18H22N2OS/c1-12(2)18-20-14(11-22-18)8-9-19-17(21)16-10-15(16)13-6-4-3-5-7-13/h3-7,11-12,15-16H,8-10H2,1-2H3,(H,19,21)/t15-,16-/m1/s1. The zero-order valence-corrected chi connectivity index (χ0v) is 13.9. The van der Waals surface area contributed by atoms with Crippen LogP contribution in [0, 0.1) is 5.92 Å². The summed E-state index contributed by atoms with van der Waals surface area (Å²) in [6, 6.07) is 10.3. The number of thiazole rings is 1. The molecule has 1 N–H and O–H groups in total. The van der Waals surface area contributed by atoms with Gasteiger partial charge in [-0.05, 0) is 17.9 Å². The number of amides is 1. The third-order valence-corrected chi connectivity index (χ3v) is 5.29. The SMILES string of the molecule is CC(C)c1nc(CCNC(=O)[C@@H]2C[C@@H]2c2ccccc2)cs1. The first kappa shape index (κ1) is 15.2. The summed E-state index contributed by atoms with van der Waals surface area (Å²) in [5.41, 5.74) is 2.37. The maximum atomic E-state index is 12.2. The molecule has 0 unspecified atom stereocenters. The van der Waals surface area contributed by atoms with Gasteiger partial charge in [0.05, 0.1) is 10.7 Å². The van der Waals surface area contributed by atoms with Crippen molar-refractivity contribution in [3.8, 4) is 0 Å². The van der Waals surface area contributed by atoms with Crippen LogP contribution < -0.4 is 5.32 Å². The molecule has 1 aliphatic rings. The molecule has 1 fully saturated rings. The molecule has 0 aliphatic heterocycles. The third kappa shape index (κ3) is 3.55. The lowest BCUT2D eigenvalue weighted by Crippen LogP contribution is -2.27. The zero-order chi connectivity index (χ0) is 15.5. The second-order valence-corrected chi connectivity index (χ2v) is 7.12. The average molecular weight is 314 g/mol. The van der Waals surface area contributed by atoms with E-state index >= 15 is 0 Å². The Morgan fingerprint density at radius 2 is 2.14 bits per heavy atom. The molecule has 0 radical (unpaired) electrons. The van der Waals surface area contributed by atoms with Crippen molar-refractivity contribution in [1.82, 2.24) is 10.3 Å². The fraction of sp³-hybridized carbons (Fsp3) is 0.444. The van der Waals surface area contributed by atoms with Crippen LogP contribution in [0.1, 0.15) is 48.4 Å². The molecule has 0 spiro atoms. The van der Waals surface area contributed by atoms with Crippen molar-refractivity contribution in [3.63, 3.8) is 0 Å². The predicted octanol–water partition coefficient (Wildman–Crippen LogP) is 3.73. The Labute approximate surface area is 135 Å². The number of aromatic nitrogens is 1. The summed E-state index contributed by atoms with van der Waals surface area (Å²) >= 11 is 1.71. The third-order valence-electron chi connectivity index (χ3n) is 4.10. The van der Waals surface area contributed by atoms with E-state index in [9.17, 15) is 4.79 Å². The highest BCUT2D eigenvalue weighted by Crippen LogP contribution is 2.47. The van der Waals surface area contributed by atoms with Gasteiger partial charge >= 0.3 is 0 Å². The molecule has 1 aromatic heterocycles. The smallest absolute Gasteiger partial charge is 0.223 e. The van der Waals surface area contributed by atoms with Gasteiger partial charge in [-0.25, -0.2) is 4.98 Å². The van der Waals surface area contributed by atoms with E-state index in [2.05, 4.69) is 41.7 Å². The second kappa shape index (κ2) is 6.61. The topological polar surface area (TPSA) is 42.0 Å². The summed E-state index contributed by atoms with van der Waals surface area (Å²) in [7, 11) is 0. The Morgan fingerprint density at radius 1 is 1.36 bits per heavy atom. The van der Waals surface area contributed by atoms with Gasteiger partial charge in [0.15, 0.2) is 0 Å². The summed E-state index contributed by atoms with van der Waals surface area (Å²) in [4.78, 5) is 16.8. The normalized spacial score (nSPS) is 20.1. The second-order valence-electron chi connectivity index (χ2n) is 6.23. The van der Waals surface area contributed by atoms with Crippen molar-refractivity contribution in [2.45, 2.75) is 38.5 Å². The first-order chi connectivity index (χ1) is 10.6. The van der Waals surface area contributed by atoms with Crippen molar-refractivity contribution in [1.29, 1.82) is 0 Å². The molecule has 1 aliphatic carbocycles. The number of hydrogen-bond donors (Lipinski definition) is 1. The van der Waals surface area contributed by atoms with E-state index < -0.39 is 0 Å². The van der Waals surface area contributed by atoms with E-state index in [0.717, 1.165) is 18.5 Å². The number of nitrogens with zero attached hydrogens (tertiary/aromatic N) is 1. The van der Waals surface area contributed by atoms with Gasteiger partial charge in [0.2, 0.25) is 5.91 Å². The van der Waals surface area contributed by atoms with Crippen LogP contribution in [-0.4, -0.2) is 17.4 Å². The molecule has 116 valence electrons. The van der Waals surface area contributed by atoms with E-state index in [1.54, 1.807) is 11.3 Å². The molecule has 1 saturated carbocycles. The van der Waals surface area contributed by atoms with Crippen molar-refractivity contribution in [2.75, 3.05) is 6.54 Å². The quantitative estimate of drug-likeness (QED) is 0.883. The van der Waals surface area contributed by atoms with E-state index in [0.29, 0.717) is 18.4 Å². The van der Waals surface area contributed by atoms with Crippen LogP contribution in [0.2, 0.25) is 0 Å². The average Bonchev–Trinajstić information content (AvgIpc) is 3.19. The van der Waals surface area contributed by atoms with Gasteiger partial charge in [0.1, 0.15) is 0 Å². The Kier molecular flexibility index (Phi) is 4.57. The molecule has 0 bridgehead atoms. The fourth-order valence-corrected chi connectivity index (χ4v) is 3.57. The molecule has 2 aromatic rings. The number of benzene rings is 1. The zero-order valence-electron chi connectivity index (χ0n) is 13.1. The molecule has 2 atom stereocenters. The van der Waals surface area contributed by atoms with Crippen LogP contribution in [0.5, 0.6) is 0 Å². The van der Waals surface area contributed by atoms with Gasteiger partial charge in [-0.2, -0.15) is 0 Å². The Balaban J connectivity index is 1.44. The van der Waals surface area contributed by atoms with Gasteiger partial charge in [-0.3, -0.25) is 4.79 Å². The minimum absolute atomic E-state index is 0.157. The van der Waals surface area contributed by atoms with Gasteiger partial charge < -0.3 is 5.32 Å². The molecule has 0 saturated heterocycles. The van der Waals surface area contributed by atoms with Crippen LogP contribution in [-0.2, 0) is 11.2 Å². The van der Waals surface area contributed by atoms with Gasteiger partial charge in [-0.1, -0.05) is 44.2 Å². The van der Waals surface area contributed by atoms with Crippen molar-refractivity contribution in [2.24, 2.45) is 5.92 Å².